The third-order valence-corrected chi connectivity index (χ3v) is 4.98. The van der Waals surface area contributed by atoms with Crippen LogP contribution in [0.15, 0.2) is 91.0 Å². The predicted octanol–water partition coefficient (Wildman–Crippen LogP) is 5.47. The zero-order chi connectivity index (χ0) is 17.5. The van der Waals surface area contributed by atoms with Crippen molar-refractivity contribution in [3.8, 4) is 0 Å². The highest BCUT2D eigenvalue weighted by Gasteiger charge is 2.37. The highest BCUT2D eigenvalue weighted by molar-refractivity contribution is 7.56. The first-order chi connectivity index (χ1) is 12.3. The van der Waals surface area contributed by atoms with E-state index in [1.54, 1.807) is 0 Å². The van der Waals surface area contributed by atoms with Gasteiger partial charge in [0.15, 0.2) is 0 Å². The van der Waals surface area contributed by atoms with Crippen LogP contribution in [0, 0.1) is 0 Å². The normalized spacial score (nSPS) is 11.6. The van der Waals surface area contributed by atoms with Gasteiger partial charge in [-0.25, -0.2) is 4.79 Å². The molecule has 1 unspecified atom stereocenters. The van der Waals surface area contributed by atoms with E-state index in [2.05, 4.69) is 36.4 Å². The molecule has 3 rings (SSSR count). The van der Waals surface area contributed by atoms with Gasteiger partial charge in [0, 0.05) is 0 Å². The highest BCUT2D eigenvalue weighted by Crippen LogP contribution is 2.39. The lowest BCUT2D eigenvalue weighted by Gasteiger charge is -2.35. The SMILES string of the molecule is CPC(=O)OCC(c1ccccc1)(c1ccccc1)c1ccccc1. The number of ether oxygens (including phenoxy) is 1. The second-order valence-corrected chi connectivity index (χ2v) is 6.74. The third kappa shape index (κ3) is 3.65. The zero-order valence-electron chi connectivity index (χ0n) is 14.2. The fraction of sp³-hybridized carbons (Fsp3) is 0.136. The lowest BCUT2D eigenvalue weighted by atomic mass is 9.70. The minimum Gasteiger partial charge on any atom is -0.461 e. The maximum atomic E-state index is 11.9. The summed E-state index contributed by atoms with van der Waals surface area (Å²) < 4.78 is 5.69. The number of benzene rings is 3. The van der Waals surface area contributed by atoms with E-state index in [4.69, 9.17) is 4.74 Å². The van der Waals surface area contributed by atoms with E-state index in [9.17, 15) is 4.79 Å². The largest absolute Gasteiger partial charge is 0.461 e. The smallest absolute Gasteiger partial charge is 0.322 e. The van der Waals surface area contributed by atoms with E-state index >= 15 is 0 Å². The van der Waals surface area contributed by atoms with Crippen LogP contribution in [0.25, 0.3) is 0 Å². The van der Waals surface area contributed by atoms with Crippen LogP contribution in [-0.2, 0) is 10.2 Å². The van der Waals surface area contributed by atoms with E-state index in [1.165, 1.54) is 0 Å². The molecule has 3 aromatic rings. The standard InChI is InChI=1S/C22H21O2P/c1-25-21(23)24-17-22(18-11-5-2-6-12-18,19-13-7-3-8-14-19)20-15-9-4-10-16-20/h2-16,25H,17H2,1H3. The number of carbonyl (C=O) groups excluding carboxylic acids is 1. The lowest BCUT2D eigenvalue weighted by molar-refractivity contribution is 0.158. The third-order valence-electron chi connectivity index (χ3n) is 4.42. The molecule has 0 aromatic heterocycles. The van der Waals surface area contributed by atoms with Crippen molar-refractivity contribution >= 4 is 14.3 Å². The summed E-state index contributed by atoms with van der Waals surface area (Å²) in [4.78, 5) is 11.9. The van der Waals surface area contributed by atoms with Gasteiger partial charge < -0.3 is 4.74 Å². The fourth-order valence-electron chi connectivity index (χ4n) is 3.16. The zero-order valence-corrected chi connectivity index (χ0v) is 15.2. The quantitative estimate of drug-likeness (QED) is 0.436. The monoisotopic (exact) mass is 348 g/mol. The van der Waals surface area contributed by atoms with Crippen molar-refractivity contribution in [2.75, 3.05) is 13.3 Å². The molecule has 0 N–H and O–H groups in total. The summed E-state index contributed by atoms with van der Waals surface area (Å²) in [5.74, 6) is 0. The van der Waals surface area contributed by atoms with Gasteiger partial charge in [-0.15, -0.1) is 0 Å². The molecule has 0 aliphatic rings. The molecule has 0 amide bonds. The van der Waals surface area contributed by atoms with Gasteiger partial charge in [-0.2, -0.15) is 0 Å². The molecule has 2 nitrogen and oxygen atoms in total. The van der Waals surface area contributed by atoms with Crippen molar-refractivity contribution in [1.82, 2.24) is 0 Å². The Labute approximate surface area is 150 Å². The van der Waals surface area contributed by atoms with Gasteiger partial charge in [-0.1, -0.05) is 91.0 Å². The van der Waals surface area contributed by atoms with Crippen molar-refractivity contribution < 1.29 is 9.53 Å². The van der Waals surface area contributed by atoms with Gasteiger partial charge in [0.05, 0.1) is 5.41 Å². The molecule has 0 aliphatic heterocycles. The van der Waals surface area contributed by atoms with Crippen LogP contribution in [0.1, 0.15) is 16.7 Å². The maximum absolute atomic E-state index is 11.9. The molecule has 3 heteroatoms. The van der Waals surface area contributed by atoms with Crippen LogP contribution in [-0.4, -0.2) is 19.0 Å². The van der Waals surface area contributed by atoms with Crippen molar-refractivity contribution in [2.45, 2.75) is 5.41 Å². The predicted molar refractivity (Wildman–Crippen MR) is 105 cm³/mol. The first-order valence-corrected chi connectivity index (χ1v) is 9.78. The average Bonchev–Trinajstić information content (AvgIpc) is 2.71. The van der Waals surface area contributed by atoms with Crippen LogP contribution < -0.4 is 0 Å². The summed E-state index contributed by atoms with van der Waals surface area (Å²) in [6, 6.07) is 30.8. The molecule has 0 aliphatic carbocycles. The van der Waals surface area contributed by atoms with Gasteiger partial charge in [0.25, 0.3) is 0 Å². The molecule has 25 heavy (non-hydrogen) atoms. The van der Waals surface area contributed by atoms with Crippen LogP contribution in [0.4, 0.5) is 4.79 Å². The minimum atomic E-state index is -0.529. The Balaban J connectivity index is 2.22. The Morgan fingerprint density at radius 2 is 1.12 bits per heavy atom. The molecule has 0 spiro atoms. The van der Waals surface area contributed by atoms with Crippen molar-refractivity contribution in [2.24, 2.45) is 0 Å². The molecule has 1 atom stereocenters. The van der Waals surface area contributed by atoms with Crippen LogP contribution in [0.5, 0.6) is 0 Å². The second-order valence-electron chi connectivity index (χ2n) is 5.83. The molecule has 0 bridgehead atoms. The molecule has 0 heterocycles. The van der Waals surface area contributed by atoms with Gasteiger partial charge in [-0.05, 0) is 31.9 Å². The van der Waals surface area contributed by atoms with Crippen molar-refractivity contribution in [1.29, 1.82) is 0 Å². The summed E-state index contributed by atoms with van der Waals surface area (Å²) in [6.07, 6.45) is 0. The number of carbonyl (C=O) groups is 1. The molecule has 0 radical (unpaired) electrons. The molecule has 0 fully saturated rings. The van der Waals surface area contributed by atoms with Gasteiger partial charge >= 0.3 is 5.71 Å². The molecule has 126 valence electrons. The van der Waals surface area contributed by atoms with Crippen LogP contribution >= 0.6 is 8.58 Å². The molecule has 0 saturated carbocycles. The van der Waals surface area contributed by atoms with Gasteiger partial charge in [0.1, 0.15) is 6.61 Å². The lowest BCUT2D eigenvalue weighted by Crippen LogP contribution is -2.35. The number of hydrogen-bond acceptors (Lipinski definition) is 2. The second kappa shape index (κ2) is 8.09. The van der Waals surface area contributed by atoms with E-state index in [0.717, 1.165) is 16.7 Å². The summed E-state index contributed by atoms with van der Waals surface area (Å²) in [5.41, 5.74) is 2.64. The summed E-state index contributed by atoms with van der Waals surface area (Å²) in [7, 11) is 0.129. The summed E-state index contributed by atoms with van der Waals surface area (Å²) >= 11 is 0. The minimum absolute atomic E-state index is 0.129. The van der Waals surface area contributed by atoms with E-state index in [1.807, 2.05) is 61.3 Å². The van der Waals surface area contributed by atoms with Crippen LogP contribution in [0.2, 0.25) is 0 Å². The molecule has 0 saturated heterocycles. The first-order valence-electron chi connectivity index (χ1n) is 8.28. The van der Waals surface area contributed by atoms with Gasteiger partial charge in [0.2, 0.25) is 0 Å². The molecular formula is C22H21O2P. The Bertz CT molecular complexity index is 705. The maximum Gasteiger partial charge on any atom is 0.322 e. The Hall–Kier alpha value is -2.44. The van der Waals surface area contributed by atoms with Crippen molar-refractivity contribution in [3.63, 3.8) is 0 Å². The Morgan fingerprint density at radius 1 is 0.760 bits per heavy atom. The van der Waals surface area contributed by atoms with E-state index in [0.29, 0.717) is 0 Å². The first kappa shape index (κ1) is 17.4. The average molecular weight is 348 g/mol. The van der Waals surface area contributed by atoms with E-state index in [-0.39, 0.29) is 20.9 Å². The van der Waals surface area contributed by atoms with Gasteiger partial charge in [-0.3, -0.25) is 0 Å². The molecular weight excluding hydrogens is 327 g/mol. The number of rotatable bonds is 6. The van der Waals surface area contributed by atoms with E-state index < -0.39 is 5.41 Å². The topological polar surface area (TPSA) is 26.3 Å². The van der Waals surface area contributed by atoms with Crippen molar-refractivity contribution in [3.05, 3.63) is 108 Å². The summed E-state index contributed by atoms with van der Waals surface area (Å²) in [5, 5.41) is 0. The molecule has 3 aromatic carbocycles. The fourth-order valence-corrected chi connectivity index (χ4v) is 3.38. The Morgan fingerprint density at radius 3 is 1.44 bits per heavy atom. The number of hydrogen-bond donors (Lipinski definition) is 0. The highest BCUT2D eigenvalue weighted by atomic mass is 31.1. The Kier molecular flexibility index (Phi) is 5.63. The summed E-state index contributed by atoms with van der Waals surface area (Å²) in [6.45, 7) is 2.13. The van der Waals surface area contributed by atoms with Crippen LogP contribution in [0.3, 0.4) is 0 Å².